The van der Waals surface area contributed by atoms with E-state index in [0.717, 1.165) is 33.4 Å². The number of hydrogen-bond donors (Lipinski definition) is 4. The van der Waals surface area contributed by atoms with E-state index in [0.29, 0.717) is 11.4 Å². The zero-order valence-corrected chi connectivity index (χ0v) is 13.2. The van der Waals surface area contributed by atoms with Gasteiger partial charge < -0.3 is 21.7 Å². The zero-order chi connectivity index (χ0) is 17.1. The topological polar surface area (TPSA) is 92.5 Å². The minimum absolute atomic E-state index is 0.0146. The Morgan fingerprint density at radius 3 is 1.17 bits per heavy atom. The second kappa shape index (κ2) is 6.74. The summed E-state index contributed by atoms with van der Waals surface area (Å²) in [6.45, 7) is 0.0291. The number of hydrogen-bond acceptors (Lipinski definition) is 4. The normalized spacial score (nSPS) is 10.8. The molecule has 0 aliphatic carbocycles. The lowest BCUT2D eigenvalue weighted by Crippen LogP contribution is -2.00. The van der Waals surface area contributed by atoms with E-state index in [2.05, 4.69) is 0 Å². The first-order valence-electron chi connectivity index (χ1n) is 7.72. The first-order chi connectivity index (χ1) is 11.6. The van der Waals surface area contributed by atoms with E-state index in [1.807, 2.05) is 60.7 Å². The Morgan fingerprint density at radius 1 is 0.542 bits per heavy atom. The van der Waals surface area contributed by atoms with E-state index in [4.69, 9.17) is 21.7 Å². The summed E-state index contributed by atoms with van der Waals surface area (Å²) >= 11 is 0. The van der Waals surface area contributed by atoms with Gasteiger partial charge >= 0.3 is 0 Å². The molecule has 4 heteroatoms. The van der Waals surface area contributed by atoms with Gasteiger partial charge in [-0.25, -0.2) is 0 Å². The van der Waals surface area contributed by atoms with Crippen molar-refractivity contribution in [2.75, 3.05) is 11.5 Å². The third-order valence-corrected chi connectivity index (χ3v) is 4.18. The van der Waals surface area contributed by atoms with Gasteiger partial charge in [0.1, 0.15) is 0 Å². The summed E-state index contributed by atoms with van der Waals surface area (Å²) in [7, 11) is 0. The minimum Gasteiger partial charge on any atom is -0.397 e. The van der Waals surface area contributed by atoms with Gasteiger partial charge in [0, 0.05) is 11.1 Å². The van der Waals surface area contributed by atoms with Gasteiger partial charge in [0.15, 0.2) is 0 Å². The molecule has 0 heterocycles. The monoisotopic (exact) mass is 320 g/mol. The Labute approximate surface area is 141 Å². The predicted octanol–water partition coefficient (Wildman–Crippen LogP) is 3.17. The highest BCUT2D eigenvalue weighted by Crippen LogP contribution is 2.37. The SMILES string of the molecule is Nc1c(-c2ccc(CO)cc2)ccc(-c2ccc(CO)cc2)c1N. The summed E-state index contributed by atoms with van der Waals surface area (Å²) in [5, 5.41) is 18.3. The molecular weight excluding hydrogens is 300 g/mol. The van der Waals surface area contributed by atoms with Gasteiger partial charge in [-0.05, 0) is 22.3 Å². The number of anilines is 2. The van der Waals surface area contributed by atoms with Crippen LogP contribution in [0.1, 0.15) is 11.1 Å². The Bertz CT molecular complexity index is 768. The van der Waals surface area contributed by atoms with Gasteiger partial charge in [0.25, 0.3) is 0 Å². The number of nitrogens with two attached hydrogens (primary N) is 2. The molecule has 0 atom stereocenters. The number of aliphatic hydroxyl groups excluding tert-OH is 2. The maximum absolute atomic E-state index is 9.14. The Hall–Kier alpha value is -2.82. The van der Waals surface area contributed by atoms with E-state index in [9.17, 15) is 0 Å². The molecule has 0 saturated heterocycles. The molecule has 3 rings (SSSR count). The van der Waals surface area contributed by atoms with Gasteiger partial charge in [-0.1, -0.05) is 60.7 Å². The lowest BCUT2D eigenvalue weighted by Gasteiger charge is -2.14. The number of aliphatic hydroxyl groups is 2. The maximum Gasteiger partial charge on any atom is 0.0681 e. The highest BCUT2D eigenvalue weighted by Gasteiger charge is 2.11. The molecule has 3 aromatic rings. The molecule has 6 N–H and O–H groups in total. The molecule has 0 aromatic heterocycles. The fourth-order valence-electron chi connectivity index (χ4n) is 2.72. The molecule has 3 aromatic carbocycles. The van der Waals surface area contributed by atoms with Gasteiger partial charge in [-0.15, -0.1) is 0 Å². The first-order valence-corrected chi connectivity index (χ1v) is 7.72. The lowest BCUT2D eigenvalue weighted by atomic mass is 9.95. The number of rotatable bonds is 4. The average molecular weight is 320 g/mol. The summed E-state index contributed by atoms with van der Waals surface area (Å²) in [4.78, 5) is 0. The quantitative estimate of drug-likeness (QED) is 0.556. The van der Waals surface area contributed by atoms with Crippen molar-refractivity contribution in [1.82, 2.24) is 0 Å². The molecule has 0 aliphatic heterocycles. The van der Waals surface area contributed by atoms with E-state index in [-0.39, 0.29) is 13.2 Å². The maximum atomic E-state index is 9.14. The molecule has 0 radical (unpaired) electrons. The smallest absolute Gasteiger partial charge is 0.0681 e. The molecule has 0 fully saturated rings. The van der Waals surface area contributed by atoms with Crippen molar-refractivity contribution in [3.63, 3.8) is 0 Å². The minimum atomic E-state index is 0.0146. The van der Waals surface area contributed by atoms with Gasteiger partial charge in [-0.2, -0.15) is 0 Å². The fraction of sp³-hybridized carbons (Fsp3) is 0.100. The predicted molar refractivity (Wildman–Crippen MR) is 98.0 cm³/mol. The van der Waals surface area contributed by atoms with Crippen LogP contribution in [0.25, 0.3) is 22.3 Å². The number of benzene rings is 3. The Kier molecular flexibility index (Phi) is 4.51. The molecule has 0 saturated carbocycles. The summed E-state index contributed by atoms with van der Waals surface area (Å²) < 4.78 is 0. The van der Waals surface area contributed by atoms with Gasteiger partial charge in [-0.3, -0.25) is 0 Å². The van der Waals surface area contributed by atoms with Crippen molar-refractivity contribution in [3.8, 4) is 22.3 Å². The molecule has 4 nitrogen and oxygen atoms in total. The van der Waals surface area contributed by atoms with Crippen molar-refractivity contribution in [3.05, 3.63) is 71.8 Å². The molecule has 122 valence electrons. The second-order valence-electron chi connectivity index (χ2n) is 5.70. The van der Waals surface area contributed by atoms with E-state index >= 15 is 0 Å². The molecule has 0 aliphatic rings. The van der Waals surface area contributed by atoms with Crippen molar-refractivity contribution in [2.45, 2.75) is 13.2 Å². The average Bonchev–Trinajstić information content (AvgIpc) is 2.64. The van der Waals surface area contributed by atoms with Crippen LogP contribution >= 0.6 is 0 Å². The largest absolute Gasteiger partial charge is 0.397 e. The van der Waals surface area contributed by atoms with Crippen molar-refractivity contribution >= 4 is 11.4 Å². The van der Waals surface area contributed by atoms with E-state index in [1.165, 1.54) is 0 Å². The van der Waals surface area contributed by atoms with Crippen LogP contribution in [0.15, 0.2) is 60.7 Å². The molecule has 24 heavy (non-hydrogen) atoms. The molecule has 0 bridgehead atoms. The summed E-state index contributed by atoms with van der Waals surface area (Å²) in [5.74, 6) is 0. The van der Waals surface area contributed by atoms with Crippen molar-refractivity contribution in [2.24, 2.45) is 0 Å². The Morgan fingerprint density at radius 2 is 0.875 bits per heavy atom. The van der Waals surface area contributed by atoms with Crippen molar-refractivity contribution < 1.29 is 10.2 Å². The zero-order valence-electron chi connectivity index (χ0n) is 13.2. The van der Waals surface area contributed by atoms with Crippen LogP contribution in [0.4, 0.5) is 11.4 Å². The third-order valence-electron chi connectivity index (χ3n) is 4.18. The molecule has 0 amide bonds. The van der Waals surface area contributed by atoms with Crippen LogP contribution in [-0.2, 0) is 13.2 Å². The Balaban J connectivity index is 2.01. The molecule has 0 unspecified atom stereocenters. The fourth-order valence-corrected chi connectivity index (χ4v) is 2.72. The van der Waals surface area contributed by atoms with Gasteiger partial charge in [0.2, 0.25) is 0 Å². The summed E-state index contributed by atoms with van der Waals surface area (Å²) in [6.07, 6.45) is 0. The van der Waals surface area contributed by atoms with Crippen LogP contribution in [0.5, 0.6) is 0 Å². The van der Waals surface area contributed by atoms with Gasteiger partial charge in [0.05, 0.1) is 24.6 Å². The molecular formula is C20H20N2O2. The lowest BCUT2D eigenvalue weighted by molar-refractivity contribution is 0.281. The van der Waals surface area contributed by atoms with E-state index in [1.54, 1.807) is 0 Å². The summed E-state index contributed by atoms with van der Waals surface area (Å²) in [5.41, 5.74) is 19.0. The van der Waals surface area contributed by atoms with Crippen LogP contribution in [0, 0.1) is 0 Å². The highest BCUT2D eigenvalue weighted by molar-refractivity contribution is 5.93. The van der Waals surface area contributed by atoms with Crippen LogP contribution < -0.4 is 11.5 Å². The molecule has 0 spiro atoms. The van der Waals surface area contributed by atoms with Crippen LogP contribution in [0.2, 0.25) is 0 Å². The van der Waals surface area contributed by atoms with Crippen LogP contribution in [0.3, 0.4) is 0 Å². The highest BCUT2D eigenvalue weighted by atomic mass is 16.3. The van der Waals surface area contributed by atoms with Crippen molar-refractivity contribution in [1.29, 1.82) is 0 Å². The summed E-state index contributed by atoms with van der Waals surface area (Å²) in [6, 6.07) is 19.1. The third kappa shape index (κ3) is 2.97. The standard InChI is InChI=1S/C20H20N2O2/c21-19-17(15-5-1-13(11-23)2-6-15)9-10-18(20(19)22)16-7-3-14(12-24)4-8-16/h1-10,23-24H,11-12,21-22H2. The number of nitrogen functional groups attached to an aromatic ring is 2. The van der Waals surface area contributed by atoms with E-state index < -0.39 is 0 Å². The first kappa shape index (κ1) is 16.1. The second-order valence-corrected chi connectivity index (χ2v) is 5.70. The van der Waals surface area contributed by atoms with Crippen LogP contribution in [-0.4, -0.2) is 10.2 Å².